The highest BCUT2D eigenvalue weighted by atomic mass is 16.3. The third kappa shape index (κ3) is 4.40. The standard InChI is InChI=1S/C10H20N4O/c1-3-9(2)11-7-10-8-14(13-12-10)5-4-6-15/h8-9,11,15H,3-7H2,1-2H3. The fraction of sp³-hybridized carbons (Fsp3) is 0.800. The van der Waals surface area contributed by atoms with Crippen molar-refractivity contribution >= 4 is 0 Å². The van der Waals surface area contributed by atoms with Crippen LogP contribution in [0.3, 0.4) is 0 Å². The number of hydrogen-bond acceptors (Lipinski definition) is 4. The van der Waals surface area contributed by atoms with Crippen LogP contribution in [-0.4, -0.2) is 32.7 Å². The Bertz CT molecular complexity index is 274. The van der Waals surface area contributed by atoms with Crippen LogP contribution in [0.25, 0.3) is 0 Å². The van der Waals surface area contributed by atoms with E-state index in [1.165, 1.54) is 0 Å². The van der Waals surface area contributed by atoms with Crippen LogP contribution in [0.2, 0.25) is 0 Å². The second kappa shape index (κ2) is 6.53. The van der Waals surface area contributed by atoms with Gasteiger partial charge in [0.1, 0.15) is 0 Å². The summed E-state index contributed by atoms with van der Waals surface area (Å²) in [6.07, 6.45) is 3.76. The van der Waals surface area contributed by atoms with Gasteiger partial charge in [-0.05, 0) is 19.8 Å². The first-order chi connectivity index (χ1) is 7.26. The maximum atomic E-state index is 8.67. The molecule has 5 heteroatoms. The topological polar surface area (TPSA) is 63.0 Å². The molecule has 15 heavy (non-hydrogen) atoms. The summed E-state index contributed by atoms with van der Waals surface area (Å²) in [6, 6.07) is 0.507. The highest BCUT2D eigenvalue weighted by molar-refractivity contribution is 4.91. The lowest BCUT2D eigenvalue weighted by Gasteiger charge is -2.08. The Morgan fingerprint density at radius 3 is 3.07 bits per heavy atom. The van der Waals surface area contributed by atoms with Gasteiger partial charge in [0.2, 0.25) is 0 Å². The Kier molecular flexibility index (Phi) is 5.28. The molecule has 0 bridgehead atoms. The van der Waals surface area contributed by atoms with Gasteiger partial charge in [0, 0.05) is 31.9 Å². The van der Waals surface area contributed by atoms with Gasteiger partial charge < -0.3 is 10.4 Å². The lowest BCUT2D eigenvalue weighted by molar-refractivity contribution is 0.276. The van der Waals surface area contributed by atoms with Crippen molar-refractivity contribution < 1.29 is 5.11 Å². The van der Waals surface area contributed by atoms with E-state index in [1.54, 1.807) is 4.68 Å². The molecule has 0 aliphatic rings. The summed E-state index contributed by atoms with van der Waals surface area (Å²) in [5, 5.41) is 20.0. The van der Waals surface area contributed by atoms with Crippen molar-refractivity contribution in [3.63, 3.8) is 0 Å². The molecular weight excluding hydrogens is 192 g/mol. The van der Waals surface area contributed by atoms with Gasteiger partial charge in [-0.1, -0.05) is 12.1 Å². The van der Waals surface area contributed by atoms with Gasteiger partial charge >= 0.3 is 0 Å². The molecule has 0 aliphatic carbocycles. The van der Waals surface area contributed by atoms with E-state index in [4.69, 9.17) is 5.11 Å². The zero-order valence-corrected chi connectivity index (χ0v) is 9.48. The van der Waals surface area contributed by atoms with E-state index < -0.39 is 0 Å². The number of aliphatic hydroxyl groups excluding tert-OH is 1. The normalized spacial score (nSPS) is 13.0. The van der Waals surface area contributed by atoms with Crippen molar-refractivity contribution in [1.29, 1.82) is 0 Å². The van der Waals surface area contributed by atoms with Crippen LogP contribution in [0.5, 0.6) is 0 Å². The van der Waals surface area contributed by atoms with Crippen LogP contribution in [0.4, 0.5) is 0 Å². The molecule has 0 amide bonds. The summed E-state index contributed by atoms with van der Waals surface area (Å²) in [7, 11) is 0. The summed E-state index contributed by atoms with van der Waals surface area (Å²) < 4.78 is 1.77. The zero-order valence-electron chi connectivity index (χ0n) is 9.48. The van der Waals surface area contributed by atoms with Gasteiger partial charge in [0.05, 0.1) is 5.69 Å². The highest BCUT2D eigenvalue weighted by Crippen LogP contribution is 1.96. The predicted octanol–water partition coefficient (Wildman–Crippen LogP) is 0.549. The summed E-state index contributed by atoms with van der Waals surface area (Å²) in [4.78, 5) is 0. The molecular formula is C10H20N4O. The molecule has 1 aromatic rings. The number of aryl methyl sites for hydroxylation is 1. The van der Waals surface area contributed by atoms with Crippen LogP contribution in [-0.2, 0) is 13.1 Å². The van der Waals surface area contributed by atoms with Crippen LogP contribution < -0.4 is 5.32 Å². The third-order valence-corrected chi connectivity index (χ3v) is 2.38. The lowest BCUT2D eigenvalue weighted by Crippen LogP contribution is -2.24. The largest absolute Gasteiger partial charge is 0.396 e. The second-order valence-electron chi connectivity index (χ2n) is 3.74. The van der Waals surface area contributed by atoms with E-state index in [0.717, 1.165) is 31.6 Å². The van der Waals surface area contributed by atoms with E-state index in [9.17, 15) is 0 Å². The zero-order chi connectivity index (χ0) is 11.1. The number of aliphatic hydroxyl groups is 1. The molecule has 0 aromatic carbocycles. The van der Waals surface area contributed by atoms with Crippen LogP contribution >= 0.6 is 0 Å². The van der Waals surface area contributed by atoms with Crippen LogP contribution in [0, 0.1) is 0 Å². The van der Waals surface area contributed by atoms with Crippen LogP contribution in [0.1, 0.15) is 32.4 Å². The number of nitrogens with zero attached hydrogens (tertiary/aromatic N) is 3. The third-order valence-electron chi connectivity index (χ3n) is 2.38. The summed E-state index contributed by atoms with van der Waals surface area (Å²) >= 11 is 0. The van der Waals surface area contributed by atoms with Gasteiger partial charge in [0.15, 0.2) is 0 Å². The molecule has 1 atom stereocenters. The second-order valence-corrected chi connectivity index (χ2v) is 3.74. The lowest BCUT2D eigenvalue weighted by atomic mass is 10.2. The Labute approximate surface area is 90.5 Å². The van der Waals surface area contributed by atoms with Crippen molar-refractivity contribution in [2.75, 3.05) is 6.61 Å². The first kappa shape index (κ1) is 12.1. The van der Waals surface area contributed by atoms with E-state index in [0.29, 0.717) is 6.04 Å². The van der Waals surface area contributed by atoms with E-state index in [-0.39, 0.29) is 6.61 Å². The number of aromatic nitrogens is 3. The minimum Gasteiger partial charge on any atom is -0.396 e. The number of rotatable bonds is 7. The maximum Gasteiger partial charge on any atom is 0.0964 e. The monoisotopic (exact) mass is 212 g/mol. The molecule has 0 saturated carbocycles. The first-order valence-corrected chi connectivity index (χ1v) is 5.49. The van der Waals surface area contributed by atoms with Crippen molar-refractivity contribution in [2.45, 2.75) is 45.8 Å². The van der Waals surface area contributed by atoms with Crippen molar-refractivity contribution in [1.82, 2.24) is 20.3 Å². The maximum absolute atomic E-state index is 8.67. The molecule has 86 valence electrons. The summed E-state index contributed by atoms with van der Waals surface area (Å²) in [6.45, 7) is 5.98. The molecule has 1 rings (SSSR count). The average molecular weight is 212 g/mol. The van der Waals surface area contributed by atoms with Crippen molar-refractivity contribution in [2.24, 2.45) is 0 Å². The van der Waals surface area contributed by atoms with E-state index in [1.807, 2.05) is 6.20 Å². The molecule has 0 radical (unpaired) electrons. The Morgan fingerprint density at radius 2 is 2.40 bits per heavy atom. The molecule has 1 heterocycles. The Hall–Kier alpha value is -0.940. The molecule has 2 N–H and O–H groups in total. The van der Waals surface area contributed by atoms with Crippen LogP contribution in [0.15, 0.2) is 6.20 Å². The molecule has 0 spiro atoms. The SMILES string of the molecule is CCC(C)NCc1cn(CCCO)nn1. The van der Waals surface area contributed by atoms with Gasteiger partial charge in [-0.2, -0.15) is 0 Å². The van der Waals surface area contributed by atoms with E-state index in [2.05, 4.69) is 29.5 Å². The van der Waals surface area contributed by atoms with Gasteiger partial charge in [-0.25, -0.2) is 0 Å². The molecule has 1 aromatic heterocycles. The van der Waals surface area contributed by atoms with Gasteiger partial charge in [-0.15, -0.1) is 5.10 Å². The van der Waals surface area contributed by atoms with Gasteiger partial charge in [0.25, 0.3) is 0 Å². The molecule has 1 unspecified atom stereocenters. The predicted molar refractivity (Wildman–Crippen MR) is 58.3 cm³/mol. The molecule has 5 nitrogen and oxygen atoms in total. The highest BCUT2D eigenvalue weighted by Gasteiger charge is 2.02. The van der Waals surface area contributed by atoms with Gasteiger partial charge in [-0.3, -0.25) is 4.68 Å². The Balaban J connectivity index is 2.32. The smallest absolute Gasteiger partial charge is 0.0964 e. The minimum absolute atomic E-state index is 0.195. The average Bonchev–Trinajstić information content (AvgIpc) is 2.71. The molecule has 0 aliphatic heterocycles. The number of nitrogens with one attached hydrogen (secondary N) is 1. The minimum atomic E-state index is 0.195. The fourth-order valence-electron chi connectivity index (χ4n) is 1.18. The quantitative estimate of drug-likeness (QED) is 0.693. The molecule has 0 fully saturated rings. The summed E-state index contributed by atoms with van der Waals surface area (Å²) in [5.74, 6) is 0. The van der Waals surface area contributed by atoms with Crippen molar-refractivity contribution in [3.05, 3.63) is 11.9 Å². The summed E-state index contributed by atoms with van der Waals surface area (Å²) in [5.41, 5.74) is 0.952. The first-order valence-electron chi connectivity index (χ1n) is 5.49. The number of hydrogen-bond donors (Lipinski definition) is 2. The fourth-order valence-corrected chi connectivity index (χ4v) is 1.18. The Morgan fingerprint density at radius 1 is 1.60 bits per heavy atom. The van der Waals surface area contributed by atoms with E-state index >= 15 is 0 Å². The molecule has 0 saturated heterocycles. The van der Waals surface area contributed by atoms with Crippen molar-refractivity contribution in [3.8, 4) is 0 Å².